The normalized spacial score (nSPS) is 18.4. The van der Waals surface area contributed by atoms with E-state index in [0.29, 0.717) is 0 Å². The fraction of sp³-hybridized carbons (Fsp3) is 0.400. The van der Waals surface area contributed by atoms with E-state index in [9.17, 15) is 0 Å². The van der Waals surface area contributed by atoms with Crippen molar-refractivity contribution in [3.05, 3.63) is 24.3 Å². The SMILES string of the molecule is [BH]N1CCN(c2ccc(N)cc2)CC1. The van der Waals surface area contributed by atoms with Crippen molar-refractivity contribution in [1.29, 1.82) is 0 Å². The molecule has 0 saturated carbocycles. The highest BCUT2D eigenvalue weighted by molar-refractivity contribution is 6.04. The van der Waals surface area contributed by atoms with E-state index in [1.807, 2.05) is 12.1 Å². The lowest BCUT2D eigenvalue weighted by atomic mass is 10.2. The maximum absolute atomic E-state index is 5.64. The molecular weight excluding hydrogens is 173 g/mol. The molecule has 2 rings (SSSR count). The third-order valence-corrected chi connectivity index (χ3v) is 2.63. The van der Waals surface area contributed by atoms with Gasteiger partial charge in [0.05, 0.1) is 0 Å². The number of piperazine rings is 1. The molecule has 1 aromatic rings. The average Bonchev–Trinajstić information content (AvgIpc) is 2.21. The largest absolute Gasteiger partial charge is 0.399 e. The highest BCUT2D eigenvalue weighted by Crippen LogP contribution is 2.17. The molecule has 4 heteroatoms. The molecule has 2 N–H and O–H groups in total. The smallest absolute Gasteiger partial charge is 0.186 e. The number of nitrogens with two attached hydrogens (primary N) is 1. The van der Waals surface area contributed by atoms with Crippen LogP contribution in [0.3, 0.4) is 0 Å². The Hall–Kier alpha value is -1.16. The average molecular weight is 188 g/mol. The van der Waals surface area contributed by atoms with Crippen LogP contribution in [0, 0.1) is 0 Å². The number of rotatable bonds is 1. The van der Waals surface area contributed by atoms with Crippen LogP contribution in [0.2, 0.25) is 0 Å². The van der Waals surface area contributed by atoms with Crippen molar-refractivity contribution >= 4 is 19.4 Å². The standard InChI is InChI=1S/C10H15BN3/c11-14-7-5-13(6-8-14)10-3-1-9(12)2-4-10/h1-4,11H,5-8,12H2. The molecule has 0 atom stereocenters. The van der Waals surface area contributed by atoms with Crippen LogP contribution >= 0.6 is 0 Å². The zero-order chi connectivity index (χ0) is 9.97. The second-order valence-electron chi connectivity index (χ2n) is 3.70. The van der Waals surface area contributed by atoms with Gasteiger partial charge in [-0.1, -0.05) is 0 Å². The molecule has 1 aromatic carbocycles. The van der Waals surface area contributed by atoms with Gasteiger partial charge < -0.3 is 15.4 Å². The molecule has 0 amide bonds. The Labute approximate surface area is 85.9 Å². The van der Waals surface area contributed by atoms with E-state index in [0.717, 1.165) is 31.9 Å². The lowest BCUT2D eigenvalue weighted by Gasteiger charge is -2.34. The Morgan fingerprint density at radius 2 is 1.57 bits per heavy atom. The summed E-state index contributed by atoms with van der Waals surface area (Å²) in [4.78, 5) is 4.47. The third kappa shape index (κ3) is 2.01. The van der Waals surface area contributed by atoms with Gasteiger partial charge in [0, 0.05) is 37.6 Å². The number of hydrogen-bond donors (Lipinski definition) is 1. The summed E-state index contributed by atoms with van der Waals surface area (Å²) >= 11 is 0. The Bertz CT molecular complexity index is 291. The highest BCUT2D eigenvalue weighted by atomic mass is 15.2. The summed E-state index contributed by atoms with van der Waals surface area (Å²) in [5.74, 6) is 0. The highest BCUT2D eigenvalue weighted by Gasteiger charge is 2.13. The fourth-order valence-corrected chi connectivity index (χ4v) is 1.69. The first-order valence-corrected chi connectivity index (χ1v) is 4.91. The van der Waals surface area contributed by atoms with Crippen LogP contribution in [0.15, 0.2) is 24.3 Å². The number of nitrogens with zero attached hydrogens (tertiary/aromatic N) is 2. The van der Waals surface area contributed by atoms with Crippen LogP contribution in [-0.2, 0) is 0 Å². The molecule has 0 aromatic heterocycles. The van der Waals surface area contributed by atoms with E-state index < -0.39 is 0 Å². The topological polar surface area (TPSA) is 32.5 Å². The first kappa shape index (κ1) is 9.40. The van der Waals surface area contributed by atoms with Crippen molar-refractivity contribution in [2.24, 2.45) is 0 Å². The van der Waals surface area contributed by atoms with Crippen molar-refractivity contribution in [2.45, 2.75) is 0 Å². The Kier molecular flexibility index (Phi) is 2.63. The number of nitrogen functional groups attached to an aromatic ring is 1. The molecule has 14 heavy (non-hydrogen) atoms. The molecule has 0 aliphatic carbocycles. The van der Waals surface area contributed by atoms with E-state index in [1.165, 1.54) is 5.69 Å². The minimum absolute atomic E-state index is 0.824. The predicted molar refractivity (Wildman–Crippen MR) is 61.8 cm³/mol. The molecule has 0 unspecified atom stereocenters. The quantitative estimate of drug-likeness (QED) is 0.505. The maximum atomic E-state index is 5.64. The van der Waals surface area contributed by atoms with E-state index in [-0.39, 0.29) is 0 Å². The van der Waals surface area contributed by atoms with Crippen molar-refractivity contribution in [2.75, 3.05) is 36.8 Å². The van der Waals surface area contributed by atoms with Crippen molar-refractivity contribution in [3.63, 3.8) is 0 Å². The minimum Gasteiger partial charge on any atom is -0.399 e. The van der Waals surface area contributed by atoms with E-state index in [2.05, 4.69) is 29.8 Å². The summed E-state index contributed by atoms with van der Waals surface area (Å²) in [6, 6.07) is 8.06. The molecule has 3 nitrogen and oxygen atoms in total. The fourth-order valence-electron chi connectivity index (χ4n) is 1.69. The van der Waals surface area contributed by atoms with Crippen LogP contribution in [0.5, 0.6) is 0 Å². The van der Waals surface area contributed by atoms with Gasteiger partial charge in [-0.15, -0.1) is 0 Å². The maximum Gasteiger partial charge on any atom is 0.186 e. The molecule has 0 spiro atoms. The van der Waals surface area contributed by atoms with Crippen LogP contribution in [0.1, 0.15) is 0 Å². The summed E-state index contributed by atoms with van der Waals surface area (Å²) < 4.78 is 0. The van der Waals surface area contributed by atoms with Gasteiger partial charge in [-0.3, -0.25) is 0 Å². The van der Waals surface area contributed by atoms with Gasteiger partial charge in [-0.05, 0) is 24.3 Å². The zero-order valence-electron chi connectivity index (χ0n) is 8.32. The van der Waals surface area contributed by atoms with Gasteiger partial charge in [-0.2, -0.15) is 0 Å². The van der Waals surface area contributed by atoms with Crippen LogP contribution in [0.25, 0.3) is 0 Å². The van der Waals surface area contributed by atoms with Gasteiger partial charge in [0.2, 0.25) is 0 Å². The summed E-state index contributed by atoms with van der Waals surface area (Å²) in [6.45, 7) is 4.16. The Balaban J connectivity index is 2.05. The lowest BCUT2D eigenvalue weighted by Crippen LogP contribution is -2.45. The second-order valence-corrected chi connectivity index (χ2v) is 3.70. The Morgan fingerprint density at radius 3 is 2.14 bits per heavy atom. The summed E-state index contributed by atoms with van der Waals surface area (Å²) in [5.41, 5.74) is 7.72. The summed E-state index contributed by atoms with van der Waals surface area (Å²) in [7, 11) is 3.93. The van der Waals surface area contributed by atoms with Crippen molar-refractivity contribution in [1.82, 2.24) is 4.81 Å². The van der Waals surface area contributed by atoms with Gasteiger partial charge in [0.1, 0.15) is 0 Å². The zero-order valence-corrected chi connectivity index (χ0v) is 8.32. The lowest BCUT2D eigenvalue weighted by molar-refractivity contribution is 0.415. The predicted octanol–water partition coefficient (Wildman–Crippen LogP) is 0.207. The van der Waals surface area contributed by atoms with Crippen molar-refractivity contribution in [3.8, 4) is 0 Å². The van der Waals surface area contributed by atoms with E-state index >= 15 is 0 Å². The first-order valence-electron chi connectivity index (χ1n) is 4.91. The molecular formula is C10H15BN3. The molecule has 1 radical (unpaired) electrons. The van der Waals surface area contributed by atoms with E-state index in [4.69, 9.17) is 5.73 Å². The summed E-state index contributed by atoms with van der Waals surface area (Å²) in [5, 5.41) is 0. The molecule has 1 saturated heterocycles. The van der Waals surface area contributed by atoms with Crippen LogP contribution in [-0.4, -0.2) is 39.0 Å². The molecule has 1 aliphatic rings. The molecule has 73 valence electrons. The molecule has 0 bridgehead atoms. The van der Waals surface area contributed by atoms with E-state index in [1.54, 1.807) is 0 Å². The number of anilines is 2. The third-order valence-electron chi connectivity index (χ3n) is 2.63. The molecule has 1 fully saturated rings. The van der Waals surface area contributed by atoms with Crippen LogP contribution in [0.4, 0.5) is 11.4 Å². The number of benzene rings is 1. The summed E-state index contributed by atoms with van der Waals surface area (Å²) in [6.07, 6.45) is 0. The minimum atomic E-state index is 0.824. The van der Waals surface area contributed by atoms with Gasteiger partial charge in [0.25, 0.3) is 0 Å². The van der Waals surface area contributed by atoms with Gasteiger partial charge in [0.15, 0.2) is 7.98 Å². The second kappa shape index (κ2) is 3.92. The number of hydrogen-bond acceptors (Lipinski definition) is 3. The molecule has 1 aliphatic heterocycles. The van der Waals surface area contributed by atoms with Crippen LogP contribution < -0.4 is 10.6 Å². The van der Waals surface area contributed by atoms with Gasteiger partial charge in [-0.25, -0.2) is 0 Å². The Morgan fingerprint density at radius 1 is 1.00 bits per heavy atom. The monoisotopic (exact) mass is 188 g/mol. The van der Waals surface area contributed by atoms with Gasteiger partial charge >= 0.3 is 0 Å². The molecule has 1 heterocycles. The first-order chi connectivity index (χ1) is 6.75. The van der Waals surface area contributed by atoms with Crippen molar-refractivity contribution < 1.29 is 0 Å².